The molecule has 54 heavy (non-hydrogen) atoms. The van der Waals surface area contributed by atoms with Crippen molar-refractivity contribution >= 4 is 38.6 Å². The second-order valence-corrected chi connectivity index (χ2v) is 14.9. The van der Waals surface area contributed by atoms with Crippen LogP contribution >= 0.6 is 0 Å². The molecule has 256 valence electrons. The molecule has 0 heterocycles. The lowest BCUT2D eigenvalue weighted by Crippen LogP contribution is -2.15. The van der Waals surface area contributed by atoms with Crippen molar-refractivity contribution in [1.82, 2.24) is 0 Å². The maximum atomic E-state index is 2.43. The molecule has 0 aliphatic heterocycles. The van der Waals surface area contributed by atoms with E-state index in [0.29, 0.717) is 0 Å². The van der Waals surface area contributed by atoms with Crippen molar-refractivity contribution in [3.63, 3.8) is 0 Å². The fourth-order valence-electron chi connectivity index (χ4n) is 8.77. The van der Waals surface area contributed by atoms with Crippen molar-refractivity contribution in [2.24, 2.45) is 0 Å². The number of anilines is 3. The van der Waals surface area contributed by atoms with Crippen LogP contribution in [0.1, 0.15) is 25.0 Å². The second-order valence-electron chi connectivity index (χ2n) is 14.9. The summed E-state index contributed by atoms with van der Waals surface area (Å²) in [6.07, 6.45) is 0. The lowest BCUT2D eigenvalue weighted by molar-refractivity contribution is 0.660. The first-order valence-corrected chi connectivity index (χ1v) is 18.8. The molecule has 0 saturated carbocycles. The zero-order chi connectivity index (χ0) is 36.2. The lowest BCUT2D eigenvalue weighted by Gasteiger charge is -2.28. The fraction of sp³-hybridized carbons (Fsp3) is 0.0566. The summed E-state index contributed by atoms with van der Waals surface area (Å²) in [4.78, 5) is 2.43. The van der Waals surface area contributed by atoms with E-state index in [0.717, 1.165) is 17.1 Å². The Balaban J connectivity index is 1.16. The summed E-state index contributed by atoms with van der Waals surface area (Å²) >= 11 is 0. The average Bonchev–Trinajstić information content (AvgIpc) is 3.47. The van der Waals surface area contributed by atoms with E-state index in [1.165, 1.54) is 77.2 Å². The first kappa shape index (κ1) is 32.0. The minimum Gasteiger partial charge on any atom is -0.310 e. The summed E-state index contributed by atoms with van der Waals surface area (Å²) in [7, 11) is 0. The highest BCUT2D eigenvalue weighted by atomic mass is 15.1. The van der Waals surface area contributed by atoms with Crippen molar-refractivity contribution in [2.45, 2.75) is 19.3 Å². The number of benzene rings is 9. The molecule has 0 spiro atoms. The molecule has 10 rings (SSSR count). The summed E-state index contributed by atoms with van der Waals surface area (Å²) in [5.41, 5.74) is 16.0. The highest BCUT2D eigenvalue weighted by Crippen LogP contribution is 2.51. The van der Waals surface area contributed by atoms with Crippen LogP contribution in [0.15, 0.2) is 200 Å². The summed E-state index contributed by atoms with van der Waals surface area (Å²) in [5, 5.41) is 5.09. The Morgan fingerprint density at radius 3 is 1.57 bits per heavy atom. The summed E-state index contributed by atoms with van der Waals surface area (Å²) in [6.45, 7) is 4.69. The maximum Gasteiger partial charge on any atom is 0.0468 e. The summed E-state index contributed by atoms with van der Waals surface area (Å²) in [6, 6.07) is 73.4. The van der Waals surface area contributed by atoms with E-state index in [9.17, 15) is 0 Å². The van der Waals surface area contributed by atoms with Crippen LogP contribution in [0.3, 0.4) is 0 Å². The Kier molecular flexibility index (Phi) is 7.56. The van der Waals surface area contributed by atoms with Crippen molar-refractivity contribution in [2.75, 3.05) is 4.90 Å². The van der Waals surface area contributed by atoms with E-state index in [-0.39, 0.29) is 5.41 Å². The monoisotopic (exact) mass is 689 g/mol. The van der Waals surface area contributed by atoms with Gasteiger partial charge in [0.25, 0.3) is 0 Å². The van der Waals surface area contributed by atoms with Gasteiger partial charge >= 0.3 is 0 Å². The second kappa shape index (κ2) is 12.8. The zero-order valence-corrected chi connectivity index (χ0v) is 30.5. The van der Waals surface area contributed by atoms with Gasteiger partial charge in [-0.15, -0.1) is 0 Å². The van der Waals surface area contributed by atoms with Crippen LogP contribution in [0, 0.1) is 0 Å². The van der Waals surface area contributed by atoms with Crippen molar-refractivity contribution in [1.29, 1.82) is 0 Å². The average molecular weight is 690 g/mol. The molecule has 0 radical (unpaired) electrons. The molecular weight excluding hydrogens is 651 g/mol. The molecule has 1 nitrogen and oxygen atoms in total. The molecule has 1 heteroatoms. The van der Waals surface area contributed by atoms with Crippen LogP contribution in [0.4, 0.5) is 17.1 Å². The third-order valence-electron chi connectivity index (χ3n) is 11.5. The molecule has 0 atom stereocenters. The van der Waals surface area contributed by atoms with Gasteiger partial charge in [-0.25, -0.2) is 0 Å². The number of hydrogen-bond acceptors (Lipinski definition) is 1. The Labute approximate surface area is 317 Å². The van der Waals surface area contributed by atoms with E-state index in [4.69, 9.17) is 0 Å². The number of fused-ring (bicyclic) bond motifs is 6. The quantitative estimate of drug-likeness (QED) is 0.157. The van der Waals surface area contributed by atoms with E-state index in [1.54, 1.807) is 0 Å². The van der Waals surface area contributed by atoms with Gasteiger partial charge in [0.15, 0.2) is 0 Å². The van der Waals surface area contributed by atoms with Crippen LogP contribution in [-0.2, 0) is 5.41 Å². The van der Waals surface area contributed by atoms with E-state index >= 15 is 0 Å². The van der Waals surface area contributed by atoms with Crippen molar-refractivity contribution in [3.8, 4) is 44.5 Å². The van der Waals surface area contributed by atoms with Crippen molar-refractivity contribution in [3.05, 3.63) is 211 Å². The fourth-order valence-corrected chi connectivity index (χ4v) is 8.77. The normalized spacial score (nSPS) is 12.8. The predicted octanol–water partition coefficient (Wildman–Crippen LogP) is 14.8. The number of nitrogens with zero attached hydrogens (tertiary/aromatic N) is 1. The third-order valence-corrected chi connectivity index (χ3v) is 11.5. The largest absolute Gasteiger partial charge is 0.310 e. The Bertz CT molecular complexity index is 2830. The molecule has 0 saturated heterocycles. The van der Waals surface area contributed by atoms with Gasteiger partial charge in [0.1, 0.15) is 0 Å². The van der Waals surface area contributed by atoms with Gasteiger partial charge < -0.3 is 4.90 Å². The van der Waals surface area contributed by atoms with Gasteiger partial charge in [-0.05, 0) is 120 Å². The first-order valence-electron chi connectivity index (χ1n) is 18.8. The molecule has 9 aromatic rings. The van der Waals surface area contributed by atoms with Gasteiger partial charge in [0.2, 0.25) is 0 Å². The molecule has 0 N–H and O–H groups in total. The molecule has 0 aromatic heterocycles. The molecule has 0 unspecified atom stereocenters. The lowest BCUT2D eigenvalue weighted by atomic mass is 9.82. The summed E-state index contributed by atoms with van der Waals surface area (Å²) < 4.78 is 0. The van der Waals surface area contributed by atoms with Crippen LogP contribution < -0.4 is 4.90 Å². The van der Waals surface area contributed by atoms with Crippen LogP contribution in [0.25, 0.3) is 66.1 Å². The smallest absolute Gasteiger partial charge is 0.0468 e. The predicted molar refractivity (Wildman–Crippen MR) is 230 cm³/mol. The van der Waals surface area contributed by atoms with Crippen molar-refractivity contribution < 1.29 is 0 Å². The minimum atomic E-state index is -0.0582. The van der Waals surface area contributed by atoms with Crippen LogP contribution in [0.5, 0.6) is 0 Å². The summed E-state index contributed by atoms with van der Waals surface area (Å²) in [5.74, 6) is 0. The van der Waals surface area contributed by atoms with Gasteiger partial charge in [-0.2, -0.15) is 0 Å². The van der Waals surface area contributed by atoms with Gasteiger partial charge in [0.05, 0.1) is 0 Å². The van der Waals surface area contributed by atoms with Gasteiger partial charge in [0, 0.05) is 22.5 Å². The van der Waals surface area contributed by atoms with E-state index < -0.39 is 0 Å². The molecule has 9 aromatic carbocycles. The van der Waals surface area contributed by atoms with E-state index in [2.05, 4.69) is 219 Å². The van der Waals surface area contributed by atoms with Crippen LogP contribution in [-0.4, -0.2) is 0 Å². The number of rotatable bonds is 6. The maximum absolute atomic E-state index is 2.43. The van der Waals surface area contributed by atoms with Crippen LogP contribution in [0.2, 0.25) is 0 Å². The van der Waals surface area contributed by atoms with Gasteiger partial charge in [-0.1, -0.05) is 172 Å². The highest BCUT2D eigenvalue weighted by molar-refractivity contribution is 6.13. The number of hydrogen-bond donors (Lipinski definition) is 0. The zero-order valence-electron chi connectivity index (χ0n) is 30.5. The molecular formula is C53H39N. The minimum absolute atomic E-state index is 0.0582. The molecule has 0 fully saturated rings. The standard InChI is InChI=1S/C53H39N/c1-53(2)51-24-14-13-23-47(51)50-35-42(30-32-52(50)53)54(41-29-31-44(36-15-5-3-6-16-36)49(34-41)37-17-7-4-8-18-37)40-27-25-38(26-28-40)48-33-39-19-9-10-20-43(39)45-21-11-12-22-46(45)48/h3-35H,1-2H3. The molecule has 1 aliphatic carbocycles. The molecule has 0 bridgehead atoms. The van der Waals surface area contributed by atoms with E-state index in [1.807, 2.05) is 0 Å². The topological polar surface area (TPSA) is 3.24 Å². The Hall–Kier alpha value is -6.70. The van der Waals surface area contributed by atoms with Gasteiger partial charge in [-0.3, -0.25) is 0 Å². The Morgan fingerprint density at radius 2 is 0.833 bits per heavy atom. The molecule has 0 amide bonds. The first-order chi connectivity index (χ1) is 26.5. The third kappa shape index (κ3) is 5.24. The SMILES string of the molecule is CC1(C)c2ccccc2-c2cc(N(c3ccc(-c4cc5ccccc5c5ccccc45)cc3)c3ccc(-c4ccccc4)c(-c4ccccc4)c3)ccc21. The molecule has 1 aliphatic rings. The highest BCUT2D eigenvalue weighted by Gasteiger charge is 2.35. The Morgan fingerprint density at radius 1 is 0.315 bits per heavy atom.